The predicted octanol–water partition coefficient (Wildman–Crippen LogP) is 4.28. The highest BCUT2D eigenvalue weighted by atomic mass is 35.5. The molecular formula is C19H19ClF3N3O7S. The number of alkyl halides is 3. The molecule has 1 saturated heterocycles. The summed E-state index contributed by atoms with van der Waals surface area (Å²) >= 11 is 6.60. The Kier molecular flexibility index (Phi) is 9.45. The smallest absolute Gasteiger partial charge is 0.417 e. The van der Waals surface area contributed by atoms with Gasteiger partial charge in [-0.25, -0.2) is 0 Å². The second-order valence-corrected chi connectivity index (χ2v) is 8.53. The highest BCUT2D eigenvalue weighted by Crippen LogP contribution is 2.41. The maximum atomic E-state index is 13.0. The average Bonchev–Trinajstić information content (AvgIpc) is 2.69. The molecule has 1 aromatic carbocycles. The fourth-order valence-corrected chi connectivity index (χ4v) is 4.60. The average molecular weight is 526 g/mol. The van der Waals surface area contributed by atoms with Gasteiger partial charge < -0.3 is 18.9 Å². The Morgan fingerprint density at radius 1 is 1.15 bits per heavy atom. The number of rotatable bonds is 7. The van der Waals surface area contributed by atoms with E-state index >= 15 is 0 Å². The molecule has 0 bridgehead atoms. The number of carbonyl (C=O) groups is 3. The first-order valence-corrected chi connectivity index (χ1v) is 10.8. The van der Waals surface area contributed by atoms with Crippen LogP contribution < -0.4 is 0 Å². The Hall–Kier alpha value is -2.67. The van der Waals surface area contributed by atoms with Gasteiger partial charge in [-0.05, 0) is 23.7 Å². The van der Waals surface area contributed by atoms with E-state index in [0.29, 0.717) is 0 Å². The van der Waals surface area contributed by atoms with Crippen LogP contribution in [0.4, 0.5) is 13.2 Å². The Morgan fingerprint density at radius 3 is 2.26 bits per heavy atom. The van der Waals surface area contributed by atoms with Crippen LogP contribution in [0.3, 0.4) is 0 Å². The van der Waals surface area contributed by atoms with Crippen LogP contribution in [-0.2, 0) is 39.5 Å². The third-order valence-corrected chi connectivity index (χ3v) is 5.81. The van der Waals surface area contributed by atoms with Crippen molar-refractivity contribution in [3.05, 3.63) is 39.2 Å². The number of hydrogen-bond donors (Lipinski definition) is 0. The zero-order valence-electron chi connectivity index (χ0n) is 17.9. The number of halogens is 4. The zero-order valence-corrected chi connectivity index (χ0v) is 19.5. The molecule has 0 aliphatic carbocycles. The van der Waals surface area contributed by atoms with Crippen molar-refractivity contribution in [2.75, 3.05) is 6.61 Å². The van der Waals surface area contributed by atoms with Crippen LogP contribution in [0.15, 0.2) is 28.2 Å². The molecule has 186 valence electrons. The lowest BCUT2D eigenvalue weighted by Gasteiger charge is -2.43. The van der Waals surface area contributed by atoms with E-state index in [1.54, 1.807) is 0 Å². The lowest BCUT2D eigenvalue weighted by Crippen LogP contribution is -2.59. The molecule has 10 nitrogen and oxygen atoms in total. The summed E-state index contributed by atoms with van der Waals surface area (Å²) in [7, 11) is 0. The van der Waals surface area contributed by atoms with Crippen molar-refractivity contribution >= 4 is 41.3 Å². The van der Waals surface area contributed by atoms with Crippen molar-refractivity contribution < 1.29 is 46.5 Å². The molecule has 15 heteroatoms. The minimum Gasteiger partial charge on any atom is -0.463 e. The van der Waals surface area contributed by atoms with Gasteiger partial charge >= 0.3 is 24.1 Å². The lowest BCUT2D eigenvalue weighted by atomic mass is 9.97. The van der Waals surface area contributed by atoms with Gasteiger partial charge in [-0.2, -0.15) is 13.2 Å². The molecule has 2 rings (SSSR count). The second kappa shape index (κ2) is 11.6. The van der Waals surface area contributed by atoms with Crippen LogP contribution >= 0.6 is 23.4 Å². The first kappa shape index (κ1) is 27.6. The number of thioether (sulfide) groups is 1. The second-order valence-electron chi connectivity index (χ2n) is 6.95. The fraction of sp³-hybridized carbons (Fsp3) is 0.526. The van der Waals surface area contributed by atoms with E-state index in [1.165, 1.54) is 0 Å². The molecule has 0 amide bonds. The number of esters is 3. The van der Waals surface area contributed by atoms with Gasteiger partial charge in [-0.1, -0.05) is 28.5 Å². The van der Waals surface area contributed by atoms with E-state index in [2.05, 4.69) is 10.0 Å². The van der Waals surface area contributed by atoms with Crippen molar-refractivity contribution in [3.8, 4) is 0 Å². The van der Waals surface area contributed by atoms with Crippen LogP contribution in [0.5, 0.6) is 0 Å². The standard InChI is InChI=1S/C19H19ClF3N3O7S/c1-8(27)30-7-14-16(31-9(2)28)15(25-26-24)17(32-10(3)29)18(33-14)34-11-4-5-12(13(20)6-11)19(21,22)23/h4-6,14-18H,7H2,1-3H3/t14-,15?,16+,17-,18-/m1/s1. The zero-order chi connectivity index (χ0) is 25.6. The highest BCUT2D eigenvalue weighted by Gasteiger charge is 2.50. The first-order valence-electron chi connectivity index (χ1n) is 9.54. The maximum Gasteiger partial charge on any atom is 0.417 e. The molecule has 0 spiro atoms. The largest absolute Gasteiger partial charge is 0.463 e. The van der Waals surface area contributed by atoms with Crippen LogP contribution in [0, 0.1) is 0 Å². The summed E-state index contributed by atoms with van der Waals surface area (Å²) in [5.41, 5.74) is 6.85. The minimum atomic E-state index is -4.67. The summed E-state index contributed by atoms with van der Waals surface area (Å²) in [4.78, 5) is 37.6. The van der Waals surface area contributed by atoms with E-state index in [-0.39, 0.29) is 4.90 Å². The molecule has 0 N–H and O–H groups in total. The van der Waals surface area contributed by atoms with Gasteiger partial charge in [0.25, 0.3) is 0 Å². The van der Waals surface area contributed by atoms with Crippen LogP contribution in [-0.4, -0.2) is 54.3 Å². The monoisotopic (exact) mass is 525 g/mol. The number of ether oxygens (including phenoxy) is 4. The molecule has 1 fully saturated rings. The molecule has 1 aliphatic rings. The number of carbonyl (C=O) groups excluding carboxylic acids is 3. The van der Waals surface area contributed by atoms with E-state index in [4.69, 9.17) is 36.1 Å². The maximum absolute atomic E-state index is 13.0. The van der Waals surface area contributed by atoms with Gasteiger partial charge in [0.05, 0.1) is 10.6 Å². The molecule has 5 atom stereocenters. The summed E-state index contributed by atoms with van der Waals surface area (Å²) in [6.07, 6.45) is -8.44. The SMILES string of the molecule is CC(=O)OC[C@H]1O[C@H](Sc2ccc(C(F)(F)F)c(Cl)c2)[C@H](OC(C)=O)C(N=[N+]=[N-])[C@H]1OC(C)=O. The van der Waals surface area contributed by atoms with Crippen molar-refractivity contribution in [1.82, 2.24) is 0 Å². The molecule has 1 unspecified atom stereocenters. The molecule has 34 heavy (non-hydrogen) atoms. The van der Waals surface area contributed by atoms with Gasteiger partial charge in [-0.3, -0.25) is 14.4 Å². The van der Waals surface area contributed by atoms with Crippen molar-refractivity contribution in [2.45, 2.75) is 61.6 Å². The highest BCUT2D eigenvalue weighted by molar-refractivity contribution is 7.99. The number of benzene rings is 1. The van der Waals surface area contributed by atoms with Crippen LogP contribution in [0.25, 0.3) is 10.4 Å². The summed E-state index contributed by atoms with van der Waals surface area (Å²) < 4.78 is 60.4. The van der Waals surface area contributed by atoms with E-state index in [1.807, 2.05) is 0 Å². The van der Waals surface area contributed by atoms with Gasteiger partial charge in [0, 0.05) is 30.6 Å². The Balaban J connectivity index is 2.46. The van der Waals surface area contributed by atoms with Gasteiger partial charge in [-0.15, -0.1) is 0 Å². The lowest BCUT2D eigenvalue weighted by molar-refractivity contribution is -0.201. The number of hydrogen-bond acceptors (Lipinski definition) is 9. The molecular weight excluding hydrogens is 507 g/mol. The molecule has 0 aromatic heterocycles. The molecule has 1 aromatic rings. The Morgan fingerprint density at radius 2 is 1.76 bits per heavy atom. The molecule has 1 heterocycles. The predicted molar refractivity (Wildman–Crippen MR) is 112 cm³/mol. The van der Waals surface area contributed by atoms with Crippen LogP contribution in [0.2, 0.25) is 5.02 Å². The molecule has 1 aliphatic heterocycles. The first-order chi connectivity index (χ1) is 15.8. The topological polar surface area (TPSA) is 137 Å². The molecule has 0 radical (unpaired) electrons. The third-order valence-electron chi connectivity index (χ3n) is 4.35. The number of azide groups is 1. The summed E-state index contributed by atoms with van der Waals surface area (Å²) in [5, 5.41) is 3.03. The molecule has 0 saturated carbocycles. The van der Waals surface area contributed by atoms with E-state index < -0.39 is 71.1 Å². The Labute approximate surface area is 200 Å². The van der Waals surface area contributed by atoms with Crippen molar-refractivity contribution in [2.24, 2.45) is 5.11 Å². The quantitative estimate of drug-likeness (QED) is 0.169. The summed E-state index contributed by atoms with van der Waals surface area (Å²) in [6.45, 7) is 2.88. The van der Waals surface area contributed by atoms with Gasteiger partial charge in [0.2, 0.25) is 0 Å². The van der Waals surface area contributed by atoms with Crippen LogP contribution in [0.1, 0.15) is 26.3 Å². The van der Waals surface area contributed by atoms with Crippen molar-refractivity contribution in [3.63, 3.8) is 0 Å². The third kappa shape index (κ3) is 7.42. The number of nitrogens with zero attached hydrogens (tertiary/aromatic N) is 3. The van der Waals surface area contributed by atoms with E-state index in [0.717, 1.165) is 50.7 Å². The summed E-state index contributed by atoms with van der Waals surface area (Å²) in [5.74, 6) is -2.24. The normalized spacial score (nSPS) is 24.5. The van der Waals surface area contributed by atoms with Gasteiger partial charge in [0.15, 0.2) is 0 Å². The van der Waals surface area contributed by atoms with Crippen molar-refractivity contribution in [1.29, 1.82) is 0 Å². The van der Waals surface area contributed by atoms with Gasteiger partial charge in [0.1, 0.15) is 36.4 Å². The Bertz CT molecular complexity index is 990. The summed E-state index contributed by atoms with van der Waals surface area (Å²) in [6, 6.07) is 1.65. The van der Waals surface area contributed by atoms with E-state index in [9.17, 15) is 27.6 Å². The minimum absolute atomic E-state index is 0.206. The fourth-order valence-electron chi connectivity index (χ4n) is 3.10.